The molecule has 1 N–H and O–H groups in total. The normalized spacial score (nSPS) is 15.8. The maximum atomic E-state index is 5.22. The molecule has 0 bridgehead atoms. The molecule has 0 radical (unpaired) electrons. The van der Waals surface area contributed by atoms with Crippen LogP contribution in [0.5, 0.6) is 0 Å². The fourth-order valence-electron chi connectivity index (χ4n) is 10.6. The molecule has 0 atom stereocenters. The second-order valence-electron chi connectivity index (χ2n) is 20.6. The van der Waals surface area contributed by atoms with Gasteiger partial charge in [0.15, 0.2) is 0 Å². The van der Waals surface area contributed by atoms with Crippen LogP contribution in [0, 0.1) is 0 Å². The van der Waals surface area contributed by atoms with E-state index in [4.69, 9.17) is 4.99 Å². The van der Waals surface area contributed by atoms with E-state index in [0.717, 1.165) is 0 Å². The zero-order valence-electron chi connectivity index (χ0n) is 41.2. The fraction of sp³-hybridized carbons (Fsp3) is 0.712. The van der Waals surface area contributed by atoms with E-state index in [1.807, 2.05) is 0 Å². The van der Waals surface area contributed by atoms with E-state index in [-0.39, 0.29) is 10.8 Å². The highest BCUT2D eigenvalue weighted by Gasteiger charge is 2.37. The zero-order valence-corrected chi connectivity index (χ0v) is 41.2. The first-order chi connectivity index (χ1) is 29.8. The van der Waals surface area contributed by atoms with Gasteiger partial charge in [-0.05, 0) is 72.2 Å². The number of rotatable bonds is 36. The molecule has 0 fully saturated rings. The topological polar surface area (TPSA) is 24.4 Å². The second-order valence-corrected chi connectivity index (χ2v) is 20.6. The van der Waals surface area contributed by atoms with Gasteiger partial charge < -0.3 is 5.32 Å². The summed E-state index contributed by atoms with van der Waals surface area (Å²) < 4.78 is 0. The van der Waals surface area contributed by atoms with Gasteiger partial charge in [-0.1, -0.05) is 265 Å². The van der Waals surface area contributed by atoms with Crippen LogP contribution in [0.3, 0.4) is 0 Å². The molecule has 2 heterocycles. The first kappa shape index (κ1) is 51.0. The molecule has 0 saturated carbocycles. The minimum Gasteiger partial charge on any atom is -0.358 e. The van der Waals surface area contributed by atoms with Gasteiger partial charge in [0.05, 0.1) is 11.4 Å². The third-order valence-corrected chi connectivity index (χ3v) is 14.5. The molecule has 342 valence electrons. The summed E-state index contributed by atoms with van der Waals surface area (Å²) in [5.74, 6) is 0. The maximum Gasteiger partial charge on any atom is 0.0677 e. The van der Waals surface area contributed by atoms with Crippen LogP contribution in [0.4, 0.5) is 11.4 Å². The Kier molecular flexibility index (Phi) is 24.8. The number of unbranched alkanes of at least 4 members (excludes halogenated alkanes) is 30. The summed E-state index contributed by atoms with van der Waals surface area (Å²) >= 11 is 0. The Labute approximate surface area is 379 Å². The standard InChI is InChI=1S/C59H96N2/c1-7-9-11-13-15-17-19-21-23-25-27-29-31-33-35-37-42-50-44-39-46-52-56(50)58(3,4)54(60-52)48-41-49-55-59(5,6)57-51(45-40-47-53(57)61-55)43-38-36-34-32-30-28-26-24-22-20-18-16-14-12-10-8-2/h39-41,44-49,60H,7-38,42-43H2,1-6H3/b49-41+,54-48-. The molecule has 2 aromatic carbocycles. The minimum absolute atomic E-state index is 0.0403. The molecule has 4 rings (SSSR count). The van der Waals surface area contributed by atoms with Crippen molar-refractivity contribution in [1.29, 1.82) is 0 Å². The SMILES string of the molecule is CCCCCCCCCCCCCCCCCCc1cccc2c1C(C)(C)C(/C=C/C=C1\Nc3cccc(CCCCCCCCCCCCCCCCCC)c3C1(C)C)=N2. The molecule has 2 heteroatoms. The molecular weight excluding hydrogens is 737 g/mol. The van der Waals surface area contributed by atoms with Gasteiger partial charge in [-0.25, -0.2) is 0 Å². The van der Waals surface area contributed by atoms with Crippen LogP contribution in [-0.4, -0.2) is 5.71 Å². The largest absolute Gasteiger partial charge is 0.358 e. The number of hydrogen-bond acceptors (Lipinski definition) is 2. The van der Waals surface area contributed by atoms with Gasteiger partial charge in [0.1, 0.15) is 0 Å². The Bertz CT molecular complexity index is 1570. The van der Waals surface area contributed by atoms with Gasteiger partial charge in [0.2, 0.25) is 0 Å². The maximum absolute atomic E-state index is 5.22. The van der Waals surface area contributed by atoms with E-state index in [2.05, 4.69) is 101 Å². The van der Waals surface area contributed by atoms with Crippen LogP contribution in [0.15, 0.2) is 65.3 Å². The Morgan fingerprint density at radius 1 is 0.443 bits per heavy atom. The second kappa shape index (κ2) is 29.7. The number of fused-ring (bicyclic) bond motifs is 2. The van der Waals surface area contributed by atoms with Crippen LogP contribution < -0.4 is 5.32 Å². The smallest absolute Gasteiger partial charge is 0.0677 e. The number of anilines is 1. The summed E-state index contributed by atoms with van der Waals surface area (Å²) in [6.07, 6.45) is 54.6. The molecule has 2 aromatic rings. The summed E-state index contributed by atoms with van der Waals surface area (Å²) in [5, 5.41) is 3.83. The van der Waals surface area contributed by atoms with Crippen LogP contribution >= 0.6 is 0 Å². The predicted octanol–water partition coefficient (Wildman–Crippen LogP) is 19.5. The summed E-state index contributed by atoms with van der Waals surface area (Å²) in [6, 6.07) is 13.8. The summed E-state index contributed by atoms with van der Waals surface area (Å²) in [7, 11) is 0. The van der Waals surface area contributed by atoms with E-state index in [1.165, 1.54) is 263 Å². The average molecular weight is 833 g/mol. The van der Waals surface area contributed by atoms with Crippen molar-refractivity contribution in [3.05, 3.63) is 82.6 Å². The van der Waals surface area contributed by atoms with Gasteiger partial charge in [0.25, 0.3) is 0 Å². The van der Waals surface area contributed by atoms with Crippen LogP contribution in [0.1, 0.15) is 269 Å². The Hall–Kier alpha value is -2.61. The number of nitrogens with one attached hydrogen (secondary N) is 1. The van der Waals surface area contributed by atoms with Crippen molar-refractivity contribution in [3.8, 4) is 0 Å². The first-order valence-electron chi connectivity index (χ1n) is 26.8. The molecule has 61 heavy (non-hydrogen) atoms. The quantitative estimate of drug-likeness (QED) is 0.0680. The van der Waals surface area contributed by atoms with Gasteiger partial charge >= 0.3 is 0 Å². The van der Waals surface area contributed by atoms with E-state index in [1.54, 1.807) is 0 Å². The predicted molar refractivity (Wildman–Crippen MR) is 273 cm³/mol. The number of allylic oxidation sites excluding steroid dienone is 4. The lowest BCUT2D eigenvalue weighted by molar-refractivity contribution is 0.529. The van der Waals surface area contributed by atoms with Crippen molar-refractivity contribution >= 4 is 17.1 Å². The molecular formula is C59H96N2. The molecule has 0 aromatic heterocycles. The Morgan fingerprint density at radius 2 is 0.820 bits per heavy atom. The first-order valence-corrected chi connectivity index (χ1v) is 26.8. The van der Waals surface area contributed by atoms with Crippen molar-refractivity contribution in [2.24, 2.45) is 4.99 Å². The number of aliphatic imine (C=N–C) groups is 1. The highest BCUT2D eigenvalue weighted by atomic mass is 15.0. The zero-order chi connectivity index (χ0) is 43.4. The number of hydrogen-bond donors (Lipinski definition) is 1. The molecule has 0 amide bonds. The van der Waals surface area contributed by atoms with Crippen molar-refractivity contribution < 1.29 is 0 Å². The van der Waals surface area contributed by atoms with Gasteiger partial charge in [0, 0.05) is 22.2 Å². The fourth-order valence-corrected chi connectivity index (χ4v) is 10.6. The summed E-state index contributed by atoms with van der Waals surface area (Å²) in [4.78, 5) is 5.22. The highest BCUT2D eigenvalue weighted by molar-refractivity contribution is 6.08. The van der Waals surface area contributed by atoms with E-state index in [9.17, 15) is 0 Å². The van der Waals surface area contributed by atoms with Gasteiger partial charge in [-0.15, -0.1) is 0 Å². The van der Waals surface area contributed by atoms with Gasteiger partial charge in [-0.3, -0.25) is 4.99 Å². The van der Waals surface area contributed by atoms with E-state index in [0.29, 0.717) is 0 Å². The van der Waals surface area contributed by atoms with Crippen molar-refractivity contribution in [1.82, 2.24) is 0 Å². The van der Waals surface area contributed by atoms with Crippen LogP contribution in [0.2, 0.25) is 0 Å². The lowest BCUT2D eigenvalue weighted by Crippen LogP contribution is -2.25. The average Bonchev–Trinajstić information content (AvgIpc) is 3.67. The summed E-state index contributed by atoms with van der Waals surface area (Å²) in [6.45, 7) is 14.2. The van der Waals surface area contributed by atoms with Crippen LogP contribution in [0.25, 0.3) is 0 Å². The van der Waals surface area contributed by atoms with Crippen molar-refractivity contribution in [2.45, 2.75) is 271 Å². The third kappa shape index (κ3) is 17.8. The molecule has 2 aliphatic rings. The third-order valence-electron chi connectivity index (χ3n) is 14.5. The Balaban J connectivity index is 1.12. The highest BCUT2D eigenvalue weighted by Crippen LogP contribution is 2.46. The van der Waals surface area contributed by atoms with E-state index >= 15 is 0 Å². The molecule has 0 unspecified atom stereocenters. The number of nitrogens with zero attached hydrogens (tertiary/aromatic N) is 1. The molecule has 2 aliphatic heterocycles. The minimum atomic E-state index is -0.0856. The molecule has 2 nitrogen and oxygen atoms in total. The van der Waals surface area contributed by atoms with Crippen molar-refractivity contribution in [3.63, 3.8) is 0 Å². The number of benzene rings is 2. The lowest BCUT2D eigenvalue weighted by atomic mass is 9.78. The van der Waals surface area contributed by atoms with E-state index < -0.39 is 0 Å². The van der Waals surface area contributed by atoms with Gasteiger partial charge in [-0.2, -0.15) is 0 Å². The monoisotopic (exact) mass is 833 g/mol. The molecule has 0 aliphatic carbocycles. The summed E-state index contributed by atoms with van der Waals surface area (Å²) in [5.41, 5.74) is 10.8. The molecule has 0 saturated heterocycles. The number of aryl methyl sites for hydroxylation is 2. The Morgan fingerprint density at radius 3 is 1.25 bits per heavy atom. The molecule has 0 spiro atoms. The lowest BCUT2D eigenvalue weighted by Gasteiger charge is -2.24. The van der Waals surface area contributed by atoms with Crippen molar-refractivity contribution in [2.75, 3.05) is 5.32 Å². The van der Waals surface area contributed by atoms with Crippen LogP contribution in [-0.2, 0) is 23.7 Å².